The van der Waals surface area contributed by atoms with Crippen LogP contribution < -0.4 is 0 Å². The zero-order valence-corrected chi connectivity index (χ0v) is 10.3. The number of hydrogen-bond acceptors (Lipinski definition) is 2. The molecule has 0 spiro atoms. The van der Waals surface area contributed by atoms with Gasteiger partial charge in [-0.25, -0.2) is 0 Å². The smallest absolute Gasteiger partial charge is 0.117 e. The first kappa shape index (κ1) is 12.1. The van der Waals surface area contributed by atoms with Crippen molar-refractivity contribution < 1.29 is 10.2 Å². The molecule has 2 aromatic carbocycles. The van der Waals surface area contributed by atoms with E-state index in [0.717, 1.165) is 11.1 Å². The number of halogens is 2. The Balaban J connectivity index is 2.31. The van der Waals surface area contributed by atoms with Gasteiger partial charge in [-0.15, -0.1) is 0 Å². The molecule has 0 atom stereocenters. The molecule has 2 rings (SSSR count). The summed E-state index contributed by atoms with van der Waals surface area (Å²) in [5, 5.41) is 19.5. The quantitative estimate of drug-likeness (QED) is 0.865. The molecule has 17 heavy (non-hydrogen) atoms. The SMILES string of the molecule is Oc1ccc(Cc2ccc(O)cc2Cl)c(Cl)c1. The van der Waals surface area contributed by atoms with Crippen LogP contribution in [0.2, 0.25) is 10.0 Å². The second-order valence-electron chi connectivity index (χ2n) is 3.73. The molecule has 2 aromatic rings. The second-order valence-corrected chi connectivity index (χ2v) is 4.54. The fraction of sp³-hybridized carbons (Fsp3) is 0.0769. The van der Waals surface area contributed by atoms with Crippen molar-refractivity contribution in [3.63, 3.8) is 0 Å². The van der Waals surface area contributed by atoms with Crippen LogP contribution in [0.15, 0.2) is 36.4 Å². The summed E-state index contributed by atoms with van der Waals surface area (Å²) in [7, 11) is 0. The zero-order chi connectivity index (χ0) is 12.4. The summed E-state index contributed by atoms with van der Waals surface area (Å²) < 4.78 is 0. The summed E-state index contributed by atoms with van der Waals surface area (Å²) in [6.07, 6.45) is 0.554. The van der Waals surface area contributed by atoms with Crippen molar-refractivity contribution in [1.29, 1.82) is 0 Å². The van der Waals surface area contributed by atoms with Gasteiger partial charge in [0.25, 0.3) is 0 Å². The van der Waals surface area contributed by atoms with Crippen molar-refractivity contribution in [3.8, 4) is 11.5 Å². The maximum atomic E-state index is 9.25. The van der Waals surface area contributed by atoms with Crippen molar-refractivity contribution >= 4 is 23.2 Å². The Hall–Kier alpha value is -1.38. The largest absolute Gasteiger partial charge is 0.508 e. The van der Waals surface area contributed by atoms with Crippen LogP contribution in [0.4, 0.5) is 0 Å². The van der Waals surface area contributed by atoms with Crippen molar-refractivity contribution in [2.24, 2.45) is 0 Å². The Morgan fingerprint density at radius 1 is 0.765 bits per heavy atom. The summed E-state index contributed by atoms with van der Waals surface area (Å²) in [6, 6.07) is 9.64. The van der Waals surface area contributed by atoms with Gasteiger partial charge in [0.05, 0.1) is 0 Å². The van der Waals surface area contributed by atoms with E-state index < -0.39 is 0 Å². The fourth-order valence-corrected chi connectivity index (χ4v) is 2.05. The highest BCUT2D eigenvalue weighted by molar-refractivity contribution is 6.32. The van der Waals surface area contributed by atoms with E-state index >= 15 is 0 Å². The van der Waals surface area contributed by atoms with Gasteiger partial charge in [-0.3, -0.25) is 0 Å². The Labute approximate surface area is 109 Å². The average Bonchev–Trinajstić information content (AvgIpc) is 2.25. The van der Waals surface area contributed by atoms with Crippen molar-refractivity contribution in [1.82, 2.24) is 0 Å². The van der Waals surface area contributed by atoms with Gasteiger partial charge in [0, 0.05) is 16.5 Å². The highest BCUT2D eigenvalue weighted by atomic mass is 35.5. The van der Waals surface area contributed by atoms with Crippen molar-refractivity contribution in [3.05, 3.63) is 57.6 Å². The predicted octanol–water partition coefficient (Wildman–Crippen LogP) is 4.00. The minimum atomic E-state index is 0.135. The monoisotopic (exact) mass is 268 g/mol. The topological polar surface area (TPSA) is 40.5 Å². The van der Waals surface area contributed by atoms with Crippen LogP contribution >= 0.6 is 23.2 Å². The van der Waals surface area contributed by atoms with Gasteiger partial charge in [-0.05, 0) is 35.4 Å². The lowest BCUT2D eigenvalue weighted by Crippen LogP contribution is -1.90. The van der Waals surface area contributed by atoms with Crippen LogP contribution in [0, 0.1) is 0 Å². The third kappa shape index (κ3) is 2.84. The molecule has 0 aliphatic rings. The van der Waals surface area contributed by atoms with Gasteiger partial charge >= 0.3 is 0 Å². The first-order chi connectivity index (χ1) is 8.06. The van der Waals surface area contributed by atoms with E-state index in [9.17, 15) is 10.2 Å². The van der Waals surface area contributed by atoms with E-state index in [2.05, 4.69) is 0 Å². The molecule has 88 valence electrons. The molecular weight excluding hydrogens is 259 g/mol. The van der Waals surface area contributed by atoms with E-state index in [1.54, 1.807) is 24.3 Å². The molecular formula is C13H10Cl2O2. The first-order valence-electron chi connectivity index (χ1n) is 5.01. The molecule has 0 aliphatic carbocycles. The molecule has 0 saturated carbocycles. The van der Waals surface area contributed by atoms with Crippen LogP contribution in [0.1, 0.15) is 11.1 Å². The number of phenolic OH excluding ortho intramolecular Hbond substituents is 2. The number of aromatic hydroxyl groups is 2. The molecule has 0 saturated heterocycles. The molecule has 0 unspecified atom stereocenters. The molecule has 0 radical (unpaired) electrons. The molecule has 0 aliphatic heterocycles. The minimum absolute atomic E-state index is 0.135. The highest BCUT2D eigenvalue weighted by Gasteiger charge is 2.06. The molecule has 0 bridgehead atoms. The van der Waals surface area contributed by atoms with E-state index in [-0.39, 0.29) is 11.5 Å². The molecule has 0 heterocycles. The van der Waals surface area contributed by atoms with E-state index in [1.165, 1.54) is 12.1 Å². The molecule has 2 N–H and O–H groups in total. The maximum Gasteiger partial charge on any atom is 0.117 e. The normalized spacial score (nSPS) is 10.5. The molecule has 0 fully saturated rings. The minimum Gasteiger partial charge on any atom is -0.508 e. The Kier molecular flexibility index (Phi) is 3.46. The zero-order valence-electron chi connectivity index (χ0n) is 8.82. The summed E-state index contributed by atoms with van der Waals surface area (Å²) >= 11 is 12.0. The molecule has 4 heteroatoms. The Morgan fingerprint density at radius 3 is 1.53 bits per heavy atom. The fourth-order valence-electron chi connectivity index (χ4n) is 1.56. The van der Waals surface area contributed by atoms with Crippen molar-refractivity contribution in [2.75, 3.05) is 0 Å². The van der Waals surface area contributed by atoms with Crippen LogP contribution in [-0.4, -0.2) is 10.2 Å². The van der Waals surface area contributed by atoms with E-state index in [0.29, 0.717) is 16.5 Å². The summed E-state index contributed by atoms with van der Waals surface area (Å²) in [5.74, 6) is 0.270. The standard InChI is InChI=1S/C13H10Cl2O2/c14-12-6-10(16)3-1-8(12)5-9-2-4-11(17)7-13(9)15/h1-4,6-7,16-17H,5H2. The van der Waals surface area contributed by atoms with Gasteiger partial charge in [-0.1, -0.05) is 35.3 Å². The predicted molar refractivity (Wildman–Crippen MR) is 69.0 cm³/mol. The van der Waals surface area contributed by atoms with E-state index in [1.807, 2.05) is 0 Å². The van der Waals surface area contributed by atoms with Crippen LogP contribution in [-0.2, 0) is 6.42 Å². The first-order valence-corrected chi connectivity index (χ1v) is 5.76. The second kappa shape index (κ2) is 4.86. The molecule has 2 nitrogen and oxygen atoms in total. The number of benzene rings is 2. The van der Waals surface area contributed by atoms with Gasteiger partial charge in [0.2, 0.25) is 0 Å². The van der Waals surface area contributed by atoms with Crippen LogP contribution in [0.25, 0.3) is 0 Å². The number of rotatable bonds is 2. The Bertz CT molecular complexity index is 504. The summed E-state index contributed by atoms with van der Waals surface area (Å²) in [6.45, 7) is 0. The maximum absolute atomic E-state index is 9.25. The van der Waals surface area contributed by atoms with Gasteiger partial charge in [-0.2, -0.15) is 0 Å². The highest BCUT2D eigenvalue weighted by Crippen LogP contribution is 2.28. The number of hydrogen-bond donors (Lipinski definition) is 2. The average molecular weight is 269 g/mol. The Morgan fingerprint density at radius 2 is 1.18 bits per heavy atom. The van der Waals surface area contributed by atoms with Gasteiger partial charge in [0.1, 0.15) is 11.5 Å². The lowest BCUT2D eigenvalue weighted by atomic mass is 10.0. The third-order valence-corrected chi connectivity index (χ3v) is 3.16. The molecule has 0 amide bonds. The van der Waals surface area contributed by atoms with Gasteiger partial charge < -0.3 is 10.2 Å². The third-order valence-electron chi connectivity index (χ3n) is 2.45. The summed E-state index contributed by atoms with van der Waals surface area (Å²) in [4.78, 5) is 0. The lowest BCUT2D eigenvalue weighted by molar-refractivity contribution is 0.475. The van der Waals surface area contributed by atoms with Crippen LogP contribution in [0.5, 0.6) is 11.5 Å². The van der Waals surface area contributed by atoms with Crippen LogP contribution in [0.3, 0.4) is 0 Å². The number of phenols is 2. The molecule has 0 aromatic heterocycles. The van der Waals surface area contributed by atoms with Crippen molar-refractivity contribution in [2.45, 2.75) is 6.42 Å². The summed E-state index contributed by atoms with van der Waals surface area (Å²) in [5.41, 5.74) is 1.74. The van der Waals surface area contributed by atoms with E-state index in [4.69, 9.17) is 23.2 Å². The van der Waals surface area contributed by atoms with Gasteiger partial charge in [0.15, 0.2) is 0 Å². The lowest BCUT2D eigenvalue weighted by Gasteiger charge is -2.07.